The summed E-state index contributed by atoms with van der Waals surface area (Å²) in [4.78, 5) is 10.0. The van der Waals surface area contributed by atoms with Crippen molar-refractivity contribution >= 4 is 41.3 Å². The third-order valence-corrected chi connectivity index (χ3v) is 4.61. The number of aromatic nitrogens is 1. The minimum atomic E-state index is -4.40. The summed E-state index contributed by atoms with van der Waals surface area (Å²) >= 11 is 0.982. The molecule has 11 heteroatoms. The van der Waals surface area contributed by atoms with Gasteiger partial charge in [0, 0.05) is 38.6 Å². The predicted octanol–water partition coefficient (Wildman–Crippen LogP) is 2.41. The largest absolute Gasteiger partial charge is 0.434 e. The molecule has 1 aliphatic rings. The molecule has 1 unspecified atom stereocenters. The van der Waals surface area contributed by atoms with Crippen LogP contribution in [-0.2, 0) is 17.5 Å². The molecule has 2 heterocycles. The highest BCUT2D eigenvalue weighted by Crippen LogP contribution is 2.29. The molecule has 6 nitrogen and oxygen atoms in total. The number of ether oxygens (including phenoxy) is 1. The van der Waals surface area contributed by atoms with Gasteiger partial charge >= 0.3 is 6.18 Å². The van der Waals surface area contributed by atoms with E-state index in [2.05, 4.69) is 32.4 Å². The molecule has 1 atom stereocenters. The second-order valence-electron chi connectivity index (χ2n) is 5.95. The van der Waals surface area contributed by atoms with Gasteiger partial charge in [0.2, 0.25) is 0 Å². The quantitative estimate of drug-likeness (QED) is 0.352. The van der Waals surface area contributed by atoms with Crippen molar-refractivity contribution in [2.75, 3.05) is 46.4 Å². The van der Waals surface area contributed by atoms with Gasteiger partial charge in [0.15, 0.2) is 11.7 Å². The maximum atomic E-state index is 12.5. The Kier molecular flexibility index (Phi) is 10.1. The number of thiazole rings is 1. The zero-order valence-corrected chi connectivity index (χ0v) is 18.0. The predicted molar refractivity (Wildman–Crippen MR) is 107 cm³/mol. The van der Waals surface area contributed by atoms with Crippen LogP contribution in [-0.4, -0.2) is 62.3 Å². The van der Waals surface area contributed by atoms with Gasteiger partial charge in [0.05, 0.1) is 19.8 Å². The van der Waals surface area contributed by atoms with Crippen LogP contribution in [0.1, 0.15) is 17.6 Å². The lowest BCUT2D eigenvalue weighted by Gasteiger charge is -2.29. The topological polar surface area (TPSA) is 61.8 Å². The summed E-state index contributed by atoms with van der Waals surface area (Å²) < 4.78 is 43.0. The van der Waals surface area contributed by atoms with Crippen molar-refractivity contribution in [3.05, 3.63) is 16.1 Å². The third kappa shape index (κ3) is 7.92. The van der Waals surface area contributed by atoms with Gasteiger partial charge in [-0.05, 0) is 5.92 Å². The molecule has 0 spiro atoms. The van der Waals surface area contributed by atoms with Gasteiger partial charge in [-0.1, -0.05) is 6.92 Å². The summed E-state index contributed by atoms with van der Waals surface area (Å²) in [5.74, 6) is 0.964. The first-order valence-electron chi connectivity index (χ1n) is 8.14. The highest BCUT2D eigenvalue weighted by molar-refractivity contribution is 14.0. The van der Waals surface area contributed by atoms with E-state index in [-0.39, 0.29) is 30.5 Å². The molecule has 0 aliphatic carbocycles. The number of rotatable bonds is 6. The van der Waals surface area contributed by atoms with Gasteiger partial charge in [-0.15, -0.1) is 35.3 Å². The highest BCUT2D eigenvalue weighted by Gasteiger charge is 2.33. The molecule has 0 bridgehead atoms. The number of halogens is 4. The summed E-state index contributed by atoms with van der Waals surface area (Å²) in [7, 11) is 1.63. The second-order valence-corrected chi connectivity index (χ2v) is 6.89. The first-order valence-corrected chi connectivity index (χ1v) is 9.02. The van der Waals surface area contributed by atoms with E-state index < -0.39 is 11.9 Å². The molecule has 26 heavy (non-hydrogen) atoms. The lowest BCUT2D eigenvalue weighted by atomic mass is 10.1. The average molecular weight is 507 g/mol. The highest BCUT2D eigenvalue weighted by atomic mass is 127. The normalized spacial score (nSPS) is 17.5. The molecule has 1 aromatic heterocycles. The van der Waals surface area contributed by atoms with Crippen LogP contribution in [0.15, 0.2) is 10.4 Å². The Hall–Kier alpha value is -0.660. The Morgan fingerprint density at radius 2 is 2.08 bits per heavy atom. The number of hydrogen-bond acceptors (Lipinski definition) is 5. The molecular weight excluding hydrogens is 482 g/mol. The Morgan fingerprint density at radius 1 is 1.38 bits per heavy atom. The molecule has 150 valence electrons. The van der Waals surface area contributed by atoms with Gasteiger partial charge in [-0.25, -0.2) is 4.98 Å². The lowest BCUT2D eigenvalue weighted by Crippen LogP contribution is -2.43. The Morgan fingerprint density at radius 3 is 2.65 bits per heavy atom. The van der Waals surface area contributed by atoms with Crippen molar-refractivity contribution in [3.8, 4) is 0 Å². The molecule has 1 fully saturated rings. The van der Waals surface area contributed by atoms with E-state index in [0.717, 1.165) is 56.1 Å². The van der Waals surface area contributed by atoms with E-state index in [0.29, 0.717) is 16.9 Å². The molecular formula is C15H25F3IN5OS. The Labute approximate surface area is 172 Å². The fourth-order valence-corrected chi connectivity index (χ4v) is 3.20. The lowest BCUT2D eigenvalue weighted by molar-refractivity contribution is -0.140. The first kappa shape index (κ1) is 23.4. The molecule has 0 saturated carbocycles. The first-order chi connectivity index (χ1) is 11.9. The van der Waals surface area contributed by atoms with Crippen molar-refractivity contribution < 1.29 is 17.9 Å². The molecule has 0 radical (unpaired) electrons. The van der Waals surface area contributed by atoms with E-state index in [9.17, 15) is 13.2 Å². The summed E-state index contributed by atoms with van der Waals surface area (Å²) in [6.07, 6.45) is -4.40. The van der Waals surface area contributed by atoms with Gasteiger partial charge in [0.1, 0.15) is 5.01 Å². The smallest absolute Gasteiger partial charge is 0.379 e. The molecule has 2 N–H and O–H groups in total. The monoisotopic (exact) mass is 507 g/mol. The van der Waals surface area contributed by atoms with Crippen LogP contribution in [0.25, 0.3) is 0 Å². The maximum absolute atomic E-state index is 12.5. The number of alkyl halides is 3. The fraction of sp³-hybridized carbons (Fsp3) is 0.733. The van der Waals surface area contributed by atoms with Crippen LogP contribution >= 0.6 is 35.3 Å². The molecule has 0 aromatic carbocycles. The molecule has 1 aromatic rings. The number of morpholine rings is 1. The molecule has 1 saturated heterocycles. The summed E-state index contributed by atoms with van der Waals surface area (Å²) in [5.41, 5.74) is -0.851. The van der Waals surface area contributed by atoms with Crippen LogP contribution in [0.2, 0.25) is 0 Å². The van der Waals surface area contributed by atoms with Crippen molar-refractivity contribution in [3.63, 3.8) is 0 Å². The molecule has 2 rings (SSSR count). The average Bonchev–Trinajstić information content (AvgIpc) is 3.05. The molecule has 0 amide bonds. The van der Waals surface area contributed by atoms with Gasteiger partial charge in [-0.3, -0.25) is 9.89 Å². The van der Waals surface area contributed by atoms with E-state index >= 15 is 0 Å². The van der Waals surface area contributed by atoms with E-state index in [1.165, 1.54) is 0 Å². The number of nitrogens with zero attached hydrogens (tertiary/aromatic N) is 3. The van der Waals surface area contributed by atoms with Crippen LogP contribution in [0.5, 0.6) is 0 Å². The summed E-state index contributed by atoms with van der Waals surface area (Å²) in [6, 6.07) is 0. The van der Waals surface area contributed by atoms with Crippen molar-refractivity contribution in [2.45, 2.75) is 19.6 Å². The minimum Gasteiger partial charge on any atom is -0.379 e. The van der Waals surface area contributed by atoms with Gasteiger partial charge < -0.3 is 15.4 Å². The van der Waals surface area contributed by atoms with Crippen LogP contribution in [0.3, 0.4) is 0 Å². The van der Waals surface area contributed by atoms with Crippen molar-refractivity contribution in [1.82, 2.24) is 20.5 Å². The van der Waals surface area contributed by atoms with Gasteiger partial charge in [-0.2, -0.15) is 13.2 Å². The van der Waals surface area contributed by atoms with Crippen molar-refractivity contribution in [1.29, 1.82) is 0 Å². The SMILES string of the molecule is CN=C(NCc1nc(C(F)(F)F)cs1)NCC(C)CN1CCOCC1.I. The number of aliphatic imine (C=N–C) groups is 1. The van der Waals surface area contributed by atoms with E-state index in [4.69, 9.17) is 4.74 Å². The van der Waals surface area contributed by atoms with E-state index in [1.54, 1.807) is 7.05 Å². The summed E-state index contributed by atoms with van der Waals surface area (Å²) in [6.45, 7) is 7.49. The van der Waals surface area contributed by atoms with Gasteiger partial charge in [0.25, 0.3) is 0 Å². The summed E-state index contributed by atoms with van der Waals surface area (Å²) in [5, 5.41) is 7.59. The number of nitrogens with one attached hydrogen (secondary N) is 2. The standard InChI is InChI=1S/C15H24F3N5OS.HI/c1-11(9-23-3-5-24-6-4-23)7-20-14(19-2)21-8-13-22-12(10-25-13)15(16,17)18;/h10-11H,3-9H2,1-2H3,(H2,19,20,21);1H. The van der Waals surface area contributed by atoms with Crippen LogP contribution in [0, 0.1) is 5.92 Å². The Balaban J connectivity index is 0.00000338. The molecule has 1 aliphatic heterocycles. The fourth-order valence-electron chi connectivity index (χ4n) is 2.46. The van der Waals surface area contributed by atoms with E-state index in [1.807, 2.05) is 0 Å². The maximum Gasteiger partial charge on any atom is 0.434 e. The van der Waals surface area contributed by atoms with Crippen LogP contribution in [0.4, 0.5) is 13.2 Å². The number of guanidine groups is 1. The third-order valence-electron chi connectivity index (χ3n) is 3.76. The second kappa shape index (κ2) is 11.2. The Bertz CT molecular complexity index is 564. The zero-order valence-electron chi connectivity index (χ0n) is 14.8. The minimum absolute atomic E-state index is 0. The van der Waals surface area contributed by atoms with Crippen LogP contribution < -0.4 is 10.6 Å². The number of hydrogen-bond donors (Lipinski definition) is 2. The van der Waals surface area contributed by atoms with Crippen molar-refractivity contribution in [2.24, 2.45) is 10.9 Å². The zero-order chi connectivity index (χ0) is 18.3.